The van der Waals surface area contributed by atoms with Gasteiger partial charge in [-0.2, -0.15) is 4.31 Å². The second-order valence-electron chi connectivity index (χ2n) is 11.9. The van der Waals surface area contributed by atoms with Crippen molar-refractivity contribution in [3.63, 3.8) is 0 Å². The molecule has 0 saturated carbocycles. The van der Waals surface area contributed by atoms with Gasteiger partial charge in [-0.15, -0.1) is 0 Å². The highest BCUT2D eigenvalue weighted by molar-refractivity contribution is 7.88. The van der Waals surface area contributed by atoms with Crippen molar-refractivity contribution in [1.82, 2.24) is 14.1 Å². The summed E-state index contributed by atoms with van der Waals surface area (Å²) >= 11 is 0. The number of hydrogen-bond acceptors (Lipinski definition) is 6. The third-order valence-electron chi connectivity index (χ3n) is 9.41. The number of halogens is 1. The van der Waals surface area contributed by atoms with Crippen LogP contribution in [0.2, 0.25) is 0 Å². The molecule has 0 radical (unpaired) electrons. The third kappa shape index (κ3) is 5.89. The number of nitrogens with zero attached hydrogens (tertiary/aromatic N) is 2. The van der Waals surface area contributed by atoms with Crippen molar-refractivity contribution in [3.8, 4) is 5.75 Å². The van der Waals surface area contributed by atoms with Crippen molar-refractivity contribution in [2.45, 2.75) is 38.1 Å². The summed E-state index contributed by atoms with van der Waals surface area (Å²) in [6.07, 6.45) is 4.34. The third-order valence-corrected chi connectivity index (χ3v) is 10.7. The highest BCUT2D eigenvalue weighted by Gasteiger charge is 2.52. The van der Waals surface area contributed by atoms with Crippen molar-refractivity contribution in [2.75, 3.05) is 39.5 Å². The average Bonchev–Trinajstić information content (AvgIpc) is 3.00. The smallest absolute Gasteiger partial charge is 0.306 e. The largest absolute Gasteiger partial charge is 0.508 e. The molecule has 0 aliphatic carbocycles. The number of phenols is 1. The van der Waals surface area contributed by atoms with E-state index in [1.807, 2.05) is 12.1 Å². The molecule has 2 aliphatic heterocycles. The van der Waals surface area contributed by atoms with Gasteiger partial charge in [0.2, 0.25) is 10.0 Å². The molecule has 0 aromatic heterocycles. The van der Waals surface area contributed by atoms with Crippen LogP contribution in [0.25, 0.3) is 0 Å². The zero-order chi connectivity index (χ0) is 30.9. The number of quaternary nitrogens is 1. The van der Waals surface area contributed by atoms with Crippen LogP contribution in [0.1, 0.15) is 57.8 Å². The number of hydrogen-bond donors (Lipinski definition) is 2. The van der Waals surface area contributed by atoms with Crippen LogP contribution in [0.5, 0.6) is 5.75 Å². The van der Waals surface area contributed by atoms with Crippen molar-refractivity contribution in [1.29, 1.82) is 0 Å². The van der Waals surface area contributed by atoms with Crippen LogP contribution >= 0.6 is 0 Å². The minimum Gasteiger partial charge on any atom is -0.508 e. The topological polar surface area (TPSA) is 104 Å². The Labute approximate surface area is 252 Å². The number of carbonyl (C=O) groups is 2. The van der Waals surface area contributed by atoms with E-state index >= 15 is 4.39 Å². The Balaban J connectivity index is 1.77. The number of phenolic OH excluding ortho intramolecular Hbond substituents is 1. The lowest BCUT2D eigenvalue weighted by Gasteiger charge is -2.50. The predicted octanol–water partition coefficient (Wildman–Crippen LogP) is 4.33. The Morgan fingerprint density at radius 1 is 1.16 bits per heavy atom. The summed E-state index contributed by atoms with van der Waals surface area (Å²) in [5.74, 6) is -1.00. The van der Waals surface area contributed by atoms with Crippen LogP contribution in [0.3, 0.4) is 0 Å². The second-order valence-corrected chi connectivity index (χ2v) is 14.0. The van der Waals surface area contributed by atoms with Gasteiger partial charge in [0.1, 0.15) is 29.8 Å². The van der Waals surface area contributed by atoms with Crippen molar-refractivity contribution >= 4 is 27.9 Å². The molecule has 4 atom stereocenters. The fourth-order valence-corrected chi connectivity index (χ4v) is 7.43. The minimum absolute atomic E-state index is 0.0418. The Kier molecular flexibility index (Phi) is 8.85. The number of benzene rings is 3. The van der Waals surface area contributed by atoms with Gasteiger partial charge < -0.3 is 10.4 Å². The first-order chi connectivity index (χ1) is 20.5. The number of fused-ring (bicyclic) bond motifs is 1. The molecule has 10 heteroatoms. The van der Waals surface area contributed by atoms with Gasteiger partial charge in [-0.05, 0) is 61.7 Å². The fourth-order valence-electron chi connectivity index (χ4n) is 7.02. The van der Waals surface area contributed by atoms with Crippen molar-refractivity contribution in [2.24, 2.45) is 5.92 Å². The summed E-state index contributed by atoms with van der Waals surface area (Å²) in [5.41, 5.74) is 3.17. The summed E-state index contributed by atoms with van der Waals surface area (Å²) in [5, 5.41) is 13.6. The molecule has 0 spiro atoms. The van der Waals surface area contributed by atoms with Gasteiger partial charge in [0, 0.05) is 48.5 Å². The normalized spacial score (nSPS) is 24.0. The molecule has 0 bridgehead atoms. The summed E-state index contributed by atoms with van der Waals surface area (Å²) < 4.78 is 40.9. The summed E-state index contributed by atoms with van der Waals surface area (Å²) in [7, 11) is -2.01. The highest BCUT2D eigenvalue weighted by atomic mass is 32.2. The number of carbonyl (C=O) groups excluding carboxylic acids is 2. The quantitative estimate of drug-likeness (QED) is 0.213. The Morgan fingerprint density at radius 2 is 1.91 bits per heavy atom. The van der Waals surface area contributed by atoms with Crippen molar-refractivity contribution in [3.05, 3.63) is 94.3 Å². The lowest BCUT2D eigenvalue weighted by Crippen LogP contribution is -2.65. The zero-order valence-electron chi connectivity index (χ0n) is 24.8. The number of rotatable bonds is 9. The maximum absolute atomic E-state index is 15.0. The number of sulfonamides is 1. The minimum atomic E-state index is -3.51. The molecule has 43 heavy (non-hydrogen) atoms. The first kappa shape index (κ1) is 31.0. The molecule has 2 heterocycles. The van der Waals surface area contributed by atoms with Crippen LogP contribution in [-0.4, -0.2) is 75.5 Å². The first-order valence-electron chi connectivity index (χ1n) is 14.7. The average molecular weight is 609 g/mol. The van der Waals surface area contributed by atoms with E-state index < -0.39 is 15.9 Å². The van der Waals surface area contributed by atoms with Gasteiger partial charge in [0.25, 0.3) is 0 Å². The van der Waals surface area contributed by atoms with E-state index in [2.05, 4.69) is 5.32 Å². The Bertz CT molecular complexity index is 1640. The van der Waals surface area contributed by atoms with E-state index in [9.17, 15) is 23.1 Å². The summed E-state index contributed by atoms with van der Waals surface area (Å²) in [6, 6.07) is 16.2. The summed E-state index contributed by atoms with van der Waals surface area (Å²) in [6.45, 7) is 3.60. The summed E-state index contributed by atoms with van der Waals surface area (Å²) in [4.78, 5) is 27.6. The van der Waals surface area contributed by atoms with E-state index in [1.54, 1.807) is 37.3 Å². The maximum Gasteiger partial charge on any atom is 0.306 e. The number of likely N-dealkylation sites (N-methyl/N-ethyl adjacent to an activating group) is 1. The number of amides is 1. The van der Waals surface area contributed by atoms with Gasteiger partial charge in [-0.25, -0.2) is 22.1 Å². The molecule has 2 N–H and O–H groups in total. The molecule has 8 nitrogen and oxygen atoms in total. The molecular formula is C33H39FN3O5S+. The van der Waals surface area contributed by atoms with Gasteiger partial charge in [-0.3, -0.25) is 4.79 Å². The van der Waals surface area contributed by atoms with E-state index in [1.165, 1.54) is 29.6 Å². The van der Waals surface area contributed by atoms with E-state index in [0.717, 1.165) is 37.6 Å². The van der Waals surface area contributed by atoms with Gasteiger partial charge in [0.05, 0.1) is 12.8 Å². The lowest BCUT2D eigenvalue weighted by atomic mass is 9.71. The van der Waals surface area contributed by atoms with Crippen LogP contribution < -0.4 is 9.80 Å². The fraction of sp³-hybridized carbons (Fsp3) is 0.394. The number of ketones is 1. The first-order valence-corrected chi connectivity index (χ1v) is 16.5. The molecule has 228 valence electrons. The molecule has 2 aliphatic rings. The predicted molar refractivity (Wildman–Crippen MR) is 165 cm³/mol. The SMILES string of the molecule is Cc1c(F)cccc1[C@H]1C[C@@H](C2CCCNC2)[N@@+](C=O)(CCN(C)S(C)(=O)=O)c2cccc(C(=O)c3cccc(O)c3)c21. The van der Waals surface area contributed by atoms with Crippen molar-refractivity contribution < 1.29 is 27.5 Å². The Morgan fingerprint density at radius 3 is 2.58 bits per heavy atom. The zero-order valence-corrected chi connectivity index (χ0v) is 25.6. The van der Waals surface area contributed by atoms with Crippen LogP contribution in [-0.2, 0) is 14.8 Å². The molecular weight excluding hydrogens is 569 g/mol. The van der Waals surface area contributed by atoms with Gasteiger partial charge >= 0.3 is 6.41 Å². The number of aromatic hydroxyl groups is 1. The van der Waals surface area contributed by atoms with Crippen LogP contribution in [0.4, 0.5) is 10.1 Å². The lowest BCUT2D eigenvalue weighted by molar-refractivity contribution is -0.121. The van der Waals surface area contributed by atoms with Crippen LogP contribution in [0.15, 0.2) is 60.7 Å². The highest BCUT2D eigenvalue weighted by Crippen LogP contribution is 2.50. The van der Waals surface area contributed by atoms with Gasteiger partial charge in [-0.1, -0.05) is 36.4 Å². The molecule has 3 aromatic rings. The van der Waals surface area contributed by atoms with E-state index in [4.69, 9.17) is 0 Å². The molecule has 1 unspecified atom stereocenters. The standard InChI is InChI=1S/C33H38FN3O5S/c1-22-26(11-5-13-29(22)34)28-19-31(24-9-7-15-35-20-24)37(21-38,17-16-36(2)43(3,41)42)30-14-6-12-27(32(28)30)33(40)23-8-4-10-25(39)18-23/h4-6,8,10-14,18,21,24,28,31,35H,7,9,15-17,19-20H2,1-3H3/p+1/t24?,28-,31+,37-/m1/s1. The van der Waals surface area contributed by atoms with Gasteiger partial charge in [0.15, 0.2) is 5.78 Å². The number of nitrogens with one attached hydrogen (secondary N) is 1. The molecule has 5 rings (SSSR count). The Hall–Kier alpha value is -3.44. The molecule has 1 saturated heterocycles. The van der Waals surface area contributed by atoms with Crippen LogP contribution in [0, 0.1) is 18.7 Å². The monoisotopic (exact) mass is 608 g/mol. The molecule has 1 fully saturated rings. The van der Waals surface area contributed by atoms with E-state index in [0.29, 0.717) is 40.9 Å². The maximum atomic E-state index is 15.0. The van der Waals surface area contributed by atoms with E-state index in [-0.39, 0.29) is 46.9 Å². The molecule has 3 aromatic carbocycles. The number of piperidine rings is 1. The second kappa shape index (κ2) is 12.3. The molecule has 1 amide bonds.